The Morgan fingerprint density at radius 2 is 0.531 bits per heavy atom. The number of esters is 4. The average molecular weight is 1410 g/mol. The summed E-state index contributed by atoms with van der Waals surface area (Å²) in [6.45, 7) is 11.9. The molecule has 0 aromatic heterocycles. The van der Waals surface area contributed by atoms with Crippen LogP contribution < -0.4 is 0 Å². The van der Waals surface area contributed by atoms with Gasteiger partial charge < -0.3 is 33.8 Å². The Kier molecular flexibility index (Phi) is 66.2. The molecule has 0 spiro atoms. The van der Waals surface area contributed by atoms with Crippen LogP contribution in [0, 0.1) is 17.8 Å². The van der Waals surface area contributed by atoms with E-state index >= 15 is 0 Å². The van der Waals surface area contributed by atoms with Gasteiger partial charge in [-0.3, -0.25) is 37.3 Å². The number of hydrogen-bond donors (Lipinski definition) is 3. The lowest BCUT2D eigenvalue weighted by Crippen LogP contribution is -2.30. The molecule has 0 bridgehead atoms. The van der Waals surface area contributed by atoms with Crippen molar-refractivity contribution in [3.63, 3.8) is 0 Å². The standard InChI is InChI=1S/C77H150O17P2/c1-8-10-11-12-13-27-37-44-51-58-74(79)87-64-73(94-77(82)61-54-47-40-33-32-35-42-49-56-69(5)6)67-92-96(85,86)90-63-71(78)62-89-95(83,84)91-66-72(65-88-75(80)59-52-45-38-30-26-22-23-28-34-41-48-55-68(3)4)93-76(81)60-53-46-39-31-25-21-19-17-15-14-16-18-20-24-29-36-43-50-57-70(7)9-2/h68-73,78H,8-67H2,1-7H3,(H,83,84)(H,85,86)/t70?,71-,72-,73-/m1/s1. The molecule has 0 saturated heterocycles. The number of ether oxygens (including phenoxy) is 4. The second kappa shape index (κ2) is 67.5. The molecule has 0 aliphatic rings. The van der Waals surface area contributed by atoms with Crippen LogP contribution in [0.3, 0.4) is 0 Å². The molecule has 0 heterocycles. The summed E-state index contributed by atoms with van der Waals surface area (Å²) in [4.78, 5) is 72.7. The van der Waals surface area contributed by atoms with Crippen molar-refractivity contribution in [3.8, 4) is 0 Å². The van der Waals surface area contributed by atoms with Crippen LogP contribution in [0.5, 0.6) is 0 Å². The fraction of sp³-hybridized carbons (Fsp3) is 0.948. The molecule has 0 amide bonds. The van der Waals surface area contributed by atoms with E-state index in [0.717, 1.165) is 108 Å². The van der Waals surface area contributed by atoms with Gasteiger partial charge in [-0.25, -0.2) is 9.13 Å². The Morgan fingerprint density at radius 3 is 0.792 bits per heavy atom. The number of aliphatic hydroxyl groups excluding tert-OH is 1. The highest BCUT2D eigenvalue weighted by Gasteiger charge is 2.30. The SMILES string of the molecule is CCCCCCCCCCCC(=O)OC[C@H](COP(=O)(O)OC[C@H](O)COP(=O)(O)OC[C@@H](COC(=O)CCCCCCCCCCCCCC(C)C)OC(=O)CCCCCCCCCCCCCCCCCCCCC(C)CC)OC(=O)CCCCCCCCCCC(C)C. The van der Waals surface area contributed by atoms with E-state index in [1.165, 1.54) is 205 Å². The summed E-state index contributed by atoms with van der Waals surface area (Å²) >= 11 is 0. The third-order valence-corrected chi connectivity index (χ3v) is 20.1. The minimum Gasteiger partial charge on any atom is -0.462 e. The van der Waals surface area contributed by atoms with Crippen LogP contribution in [0.1, 0.15) is 395 Å². The van der Waals surface area contributed by atoms with Crippen molar-refractivity contribution in [2.45, 2.75) is 414 Å². The lowest BCUT2D eigenvalue weighted by molar-refractivity contribution is -0.161. The smallest absolute Gasteiger partial charge is 0.462 e. The van der Waals surface area contributed by atoms with Crippen molar-refractivity contribution in [1.29, 1.82) is 0 Å². The van der Waals surface area contributed by atoms with Gasteiger partial charge in [0, 0.05) is 25.7 Å². The maximum Gasteiger partial charge on any atom is 0.472 e. The third kappa shape index (κ3) is 69.2. The van der Waals surface area contributed by atoms with E-state index in [4.69, 9.17) is 37.0 Å². The highest BCUT2D eigenvalue weighted by molar-refractivity contribution is 7.47. The molecule has 0 aliphatic carbocycles. The number of phosphoric ester groups is 2. The molecule has 6 atom stereocenters. The molecular formula is C77H150O17P2. The second-order valence-corrected chi connectivity index (χ2v) is 31.8. The molecule has 0 saturated carbocycles. The first-order chi connectivity index (χ1) is 46.3. The summed E-state index contributed by atoms with van der Waals surface area (Å²) in [6.07, 6.45) is 54.2. The summed E-state index contributed by atoms with van der Waals surface area (Å²) in [6, 6.07) is 0. The number of unbranched alkanes of at least 4 members (excludes halogenated alkanes) is 42. The normalized spacial score (nSPS) is 14.3. The maximum absolute atomic E-state index is 13.1. The Balaban J connectivity index is 5.18. The predicted octanol–water partition coefficient (Wildman–Crippen LogP) is 22.6. The Hall–Kier alpha value is -1.94. The van der Waals surface area contributed by atoms with Gasteiger partial charge in [0.2, 0.25) is 0 Å². The van der Waals surface area contributed by atoms with Crippen molar-refractivity contribution in [3.05, 3.63) is 0 Å². The summed E-state index contributed by atoms with van der Waals surface area (Å²) in [5.74, 6) is 0.240. The van der Waals surface area contributed by atoms with Crippen LogP contribution in [0.4, 0.5) is 0 Å². The first-order valence-electron chi connectivity index (χ1n) is 39.9. The fourth-order valence-corrected chi connectivity index (χ4v) is 13.3. The van der Waals surface area contributed by atoms with Gasteiger partial charge in [-0.15, -0.1) is 0 Å². The van der Waals surface area contributed by atoms with Crippen molar-refractivity contribution in [2.75, 3.05) is 39.6 Å². The zero-order valence-electron chi connectivity index (χ0n) is 62.8. The van der Waals surface area contributed by atoms with Gasteiger partial charge in [-0.1, -0.05) is 344 Å². The van der Waals surface area contributed by atoms with Crippen molar-refractivity contribution < 1.29 is 80.2 Å². The van der Waals surface area contributed by atoms with Crippen molar-refractivity contribution >= 4 is 39.5 Å². The average Bonchev–Trinajstić information content (AvgIpc) is 2.54. The van der Waals surface area contributed by atoms with Crippen molar-refractivity contribution in [2.24, 2.45) is 17.8 Å². The van der Waals surface area contributed by atoms with Gasteiger partial charge >= 0.3 is 39.5 Å². The van der Waals surface area contributed by atoms with Crippen LogP contribution in [0.2, 0.25) is 0 Å². The van der Waals surface area contributed by atoms with E-state index in [2.05, 4.69) is 48.5 Å². The zero-order valence-corrected chi connectivity index (χ0v) is 64.6. The highest BCUT2D eigenvalue weighted by Crippen LogP contribution is 2.45. The maximum atomic E-state index is 13.1. The first kappa shape index (κ1) is 94.1. The van der Waals surface area contributed by atoms with Crippen LogP contribution in [-0.4, -0.2) is 96.7 Å². The number of carbonyl (C=O) groups excluding carboxylic acids is 4. The fourth-order valence-electron chi connectivity index (χ4n) is 11.7. The minimum atomic E-state index is -4.96. The number of phosphoric acid groups is 2. The Morgan fingerprint density at radius 1 is 0.302 bits per heavy atom. The summed E-state index contributed by atoms with van der Waals surface area (Å²) in [5, 5.41) is 10.6. The van der Waals surface area contributed by atoms with E-state index in [0.29, 0.717) is 25.7 Å². The number of hydrogen-bond acceptors (Lipinski definition) is 15. The van der Waals surface area contributed by atoms with Gasteiger partial charge in [0.15, 0.2) is 12.2 Å². The first-order valence-corrected chi connectivity index (χ1v) is 42.9. The largest absolute Gasteiger partial charge is 0.472 e. The molecule has 0 rings (SSSR count). The van der Waals surface area contributed by atoms with Crippen LogP contribution in [-0.2, 0) is 65.4 Å². The third-order valence-electron chi connectivity index (χ3n) is 18.2. The Bertz CT molecular complexity index is 1870. The lowest BCUT2D eigenvalue weighted by atomic mass is 9.99. The lowest BCUT2D eigenvalue weighted by Gasteiger charge is -2.21. The van der Waals surface area contributed by atoms with E-state index in [-0.39, 0.29) is 25.7 Å². The molecule has 0 aromatic carbocycles. The van der Waals surface area contributed by atoms with Crippen LogP contribution in [0.15, 0.2) is 0 Å². The summed E-state index contributed by atoms with van der Waals surface area (Å²) < 4.78 is 68.5. The second-order valence-electron chi connectivity index (χ2n) is 28.9. The quantitative estimate of drug-likeness (QED) is 0.0222. The van der Waals surface area contributed by atoms with Gasteiger partial charge in [0.1, 0.15) is 19.3 Å². The molecule has 570 valence electrons. The molecular weight excluding hydrogens is 1260 g/mol. The molecule has 0 radical (unpaired) electrons. The van der Waals surface area contributed by atoms with Gasteiger partial charge in [-0.2, -0.15) is 0 Å². The molecule has 19 heteroatoms. The molecule has 96 heavy (non-hydrogen) atoms. The minimum absolute atomic E-state index is 0.104. The van der Waals surface area contributed by atoms with Crippen LogP contribution in [0.25, 0.3) is 0 Å². The number of aliphatic hydroxyl groups is 1. The molecule has 3 N–H and O–H groups in total. The van der Waals surface area contributed by atoms with E-state index in [9.17, 15) is 43.2 Å². The predicted molar refractivity (Wildman–Crippen MR) is 391 cm³/mol. The van der Waals surface area contributed by atoms with E-state index in [1.54, 1.807) is 0 Å². The van der Waals surface area contributed by atoms with Gasteiger partial charge in [0.25, 0.3) is 0 Å². The number of carbonyl (C=O) groups is 4. The monoisotopic (exact) mass is 1410 g/mol. The molecule has 3 unspecified atom stereocenters. The molecule has 17 nitrogen and oxygen atoms in total. The molecule has 0 aromatic rings. The molecule has 0 aliphatic heterocycles. The van der Waals surface area contributed by atoms with Crippen molar-refractivity contribution in [1.82, 2.24) is 0 Å². The van der Waals surface area contributed by atoms with E-state index in [1.807, 2.05) is 0 Å². The van der Waals surface area contributed by atoms with Crippen LogP contribution >= 0.6 is 15.6 Å². The Labute approximate surface area is 588 Å². The zero-order chi connectivity index (χ0) is 70.9. The highest BCUT2D eigenvalue weighted by atomic mass is 31.2. The summed E-state index contributed by atoms with van der Waals surface area (Å²) in [7, 11) is -9.91. The number of rotatable bonds is 75. The topological polar surface area (TPSA) is 237 Å². The molecule has 0 fully saturated rings. The van der Waals surface area contributed by atoms with E-state index < -0.39 is 97.5 Å². The van der Waals surface area contributed by atoms with Gasteiger partial charge in [-0.05, 0) is 43.4 Å². The summed E-state index contributed by atoms with van der Waals surface area (Å²) in [5.41, 5.74) is 0. The van der Waals surface area contributed by atoms with Gasteiger partial charge in [0.05, 0.1) is 26.4 Å².